The van der Waals surface area contributed by atoms with Crippen LogP contribution in [0.1, 0.15) is 5.56 Å². The average molecular weight is 552 g/mol. The van der Waals surface area contributed by atoms with Crippen LogP contribution in [0.4, 0.5) is 4.39 Å². The Labute approximate surface area is 208 Å². The van der Waals surface area contributed by atoms with E-state index in [-0.39, 0.29) is 17.0 Å². The number of hydrogen-bond donors (Lipinski definition) is 1. The second-order valence-corrected chi connectivity index (χ2v) is 13.6. The average Bonchev–Trinajstić information content (AvgIpc) is 3.25. The fourth-order valence-electron chi connectivity index (χ4n) is 3.50. The van der Waals surface area contributed by atoms with Gasteiger partial charge in [-0.25, -0.2) is 25.2 Å². The van der Waals surface area contributed by atoms with Gasteiger partial charge in [0.25, 0.3) is 20.2 Å². The van der Waals surface area contributed by atoms with Gasteiger partial charge in [-0.15, -0.1) is 0 Å². The third-order valence-corrected chi connectivity index (χ3v) is 10.5. The number of benzene rings is 3. The van der Waals surface area contributed by atoms with Crippen LogP contribution in [0.2, 0.25) is 0 Å². The first-order valence-electron chi connectivity index (χ1n) is 10.5. The fourth-order valence-corrected chi connectivity index (χ4v) is 7.51. The molecular formula is C23H22FN3O6S3. The van der Waals surface area contributed by atoms with Crippen molar-refractivity contribution < 1.29 is 29.6 Å². The van der Waals surface area contributed by atoms with Crippen LogP contribution in [0.15, 0.2) is 93.7 Å². The van der Waals surface area contributed by atoms with E-state index in [1.165, 1.54) is 62.6 Å². The highest BCUT2D eigenvalue weighted by Crippen LogP contribution is 2.32. The van der Waals surface area contributed by atoms with Crippen molar-refractivity contribution in [1.82, 2.24) is 13.0 Å². The van der Waals surface area contributed by atoms with Gasteiger partial charge in [0.05, 0.1) is 10.4 Å². The zero-order valence-electron chi connectivity index (χ0n) is 19.2. The third-order valence-electron chi connectivity index (χ3n) is 5.44. The van der Waals surface area contributed by atoms with E-state index < -0.39 is 45.8 Å². The molecule has 0 aliphatic rings. The van der Waals surface area contributed by atoms with Crippen LogP contribution in [0.5, 0.6) is 0 Å². The molecule has 0 atom stereocenters. The van der Waals surface area contributed by atoms with Gasteiger partial charge in [0.2, 0.25) is 9.84 Å². The summed E-state index contributed by atoms with van der Waals surface area (Å²) in [5, 5.41) is -0.210. The molecule has 1 heterocycles. The number of aromatic nitrogens is 1. The number of para-hydroxylation sites is 1. The number of nitrogens with one attached hydrogen (secondary N) is 1. The predicted octanol–water partition coefficient (Wildman–Crippen LogP) is 2.75. The lowest BCUT2D eigenvalue weighted by molar-refractivity contribution is 0.505. The molecular weight excluding hydrogens is 529 g/mol. The summed E-state index contributed by atoms with van der Waals surface area (Å²) < 4.78 is 96.5. The molecule has 1 aromatic heterocycles. The fraction of sp³-hybridized carbons (Fsp3) is 0.130. The van der Waals surface area contributed by atoms with Crippen molar-refractivity contribution in [2.24, 2.45) is 0 Å². The Kier molecular flexibility index (Phi) is 6.79. The minimum absolute atomic E-state index is 0.0778. The van der Waals surface area contributed by atoms with Gasteiger partial charge in [0, 0.05) is 26.0 Å². The first kappa shape index (κ1) is 26.0. The molecule has 0 saturated heterocycles. The molecule has 0 saturated carbocycles. The van der Waals surface area contributed by atoms with Gasteiger partial charge < -0.3 is 0 Å². The number of nitrogens with zero attached hydrogens (tertiary/aromatic N) is 2. The van der Waals surface area contributed by atoms with Gasteiger partial charge in [-0.1, -0.05) is 42.5 Å². The Hall–Kier alpha value is -3.10. The topological polar surface area (TPSA) is 123 Å². The van der Waals surface area contributed by atoms with E-state index in [2.05, 4.69) is 4.72 Å². The highest BCUT2D eigenvalue weighted by Gasteiger charge is 2.32. The largest absolute Gasteiger partial charge is 0.279 e. The SMILES string of the molecule is CN(C)S(=O)(=O)NCc1ccc(S(=O)(=O)c2cc3ccccc3n2S(=O)(=O)c2ccccc2F)cc1. The van der Waals surface area contributed by atoms with Crippen LogP contribution in [0.25, 0.3) is 10.9 Å². The maximum absolute atomic E-state index is 14.5. The van der Waals surface area contributed by atoms with Crippen LogP contribution in [0.3, 0.4) is 0 Å². The normalized spacial score (nSPS) is 12.9. The number of fused-ring (bicyclic) bond motifs is 1. The number of halogens is 1. The van der Waals surface area contributed by atoms with Crippen molar-refractivity contribution >= 4 is 41.0 Å². The van der Waals surface area contributed by atoms with E-state index in [0.29, 0.717) is 14.9 Å². The van der Waals surface area contributed by atoms with Crippen molar-refractivity contribution in [2.45, 2.75) is 21.4 Å². The van der Waals surface area contributed by atoms with Gasteiger partial charge in [-0.2, -0.15) is 17.4 Å². The first-order valence-corrected chi connectivity index (χ1v) is 14.8. The third kappa shape index (κ3) is 4.67. The summed E-state index contributed by atoms with van der Waals surface area (Å²) >= 11 is 0. The van der Waals surface area contributed by atoms with Gasteiger partial charge in [0.1, 0.15) is 10.7 Å². The van der Waals surface area contributed by atoms with E-state index >= 15 is 0 Å². The monoisotopic (exact) mass is 551 g/mol. The molecule has 190 valence electrons. The van der Waals surface area contributed by atoms with Gasteiger partial charge in [0.15, 0.2) is 5.03 Å². The molecule has 1 N–H and O–H groups in total. The molecule has 4 aromatic rings. The van der Waals surface area contributed by atoms with Gasteiger partial charge >= 0.3 is 0 Å². The van der Waals surface area contributed by atoms with Crippen LogP contribution in [-0.2, 0) is 36.6 Å². The van der Waals surface area contributed by atoms with Crippen molar-refractivity contribution in [2.75, 3.05) is 14.1 Å². The molecule has 0 fully saturated rings. The zero-order chi connectivity index (χ0) is 26.3. The summed E-state index contributed by atoms with van der Waals surface area (Å²) in [6, 6.07) is 17.5. The summed E-state index contributed by atoms with van der Waals surface area (Å²) in [6.07, 6.45) is 0. The lowest BCUT2D eigenvalue weighted by Crippen LogP contribution is -2.35. The minimum Gasteiger partial charge on any atom is -0.222 e. The molecule has 0 radical (unpaired) electrons. The molecule has 0 spiro atoms. The maximum atomic E-state index is 14.5. The molecule has 3 aromatic carbocycles. The van der Waals surface area contributed by atoms with Crippen molar-refractivity contribution in [3.8, 4) is 0 Å². The summed E-state index contributed by atoms with van der Waals surface area (Å²) in [4.78, 5) is -0.874. The zero-order valence-corrected chi connectivity index (χ0v) is 21.6. The molecule has 13 heteroatoms. The molecule has 36 heavy (non-hydrogen) atoms. The van der Waals surface area contributed by atoms with E-state index in [0.717, 1.165) is 16.4 Å². The highest BCUT2D eigenvalue weighted by atomic mass is 32.2. The second kappa shape index (κ2) is 9.41. The lowest BCUT2D eigenvalue weighted by Gasteiger charge is -2.14. The summed E-state index contributed by atoms with van der Waals surface area (Å²) in [5.41, 5.74) is 0.563. The Balaban J connectivity index is 1.81. The molecule has 0 aliphatic carbocycles. The van der Waals surface area contributed by atoms with Crippen LogP contribution in [0, 0.1) is 5.82 Å². The first-order chi connectivity index (χ1) is 16.9. The van der Waals surface area contributed by atoms with Crippen LogP contribution >= 0.6 is 0 Å². The van der Waals surface area contributed by atoms with Crippen LogP contribution in [-0.4, -0.2) is 47.6 Å². The Bertz CT molecular complexity index is 1760. The Morgan fingerprint density at radius 2 is 1.44 bits per heavy atom. The predicted molar refractivity (Wildman–Crippen MR) is 132 cm³/mol. The minimum atomic E-state index is -4.63. The standard InChI is InChI=1S/C23H22FN3O6S3/c1-26(2)36(32,33)25-16-17-11-13-19(14-12-17)34(28,29)23-15-18-7-3-5-9-21(18)27(23)35(30,31)22-10-6-4-8-20(22)24/h3-15,25H,16H2,1-2H3. The highest BCUT2D eigenvalue weighted by molar-refractivity contribution is 7.93. The summed E-state index contributed by atoms with van der Waals surface area (Å²) in [6.45, 7) is -0.0806. The maximum Gasteiger partial charge on any atom is 0.279 e. The van der Waals surface area contributed by atoms with Crippen molar-refractivity contribution in [1.29, 1.82) is 0 Å². The molecule has 0 bridgehead atoms. The Morgan fingerprint density at radius 3 is 2.08 bits per heavy atom. The van der Waals surface area contributed by atoms with Crippen molar-refractivity contribution in [3.05, 3.63) is 90.2 Å². The molecule has 0 unspecified atom stereocenters. The van der Waals surface area contributed by atoms with Gasteiger partial charge in [-0.05, 0) is 42.0 Å². The number of sulfone groups is 1. The van der Waals surface area contributed by atoms with E-state index in [1.807, 2.05) is 0 Å². The smallest absolute Gasteiger partial charge is 0.222 e. The van der Waals surface area contributed by atoms with E-state index in [9.17, 15) is 29.6 Å². The number of rotatable bonds is 8. The van der Waals surface area contributed by atoms with E-state index in [1.54, 1.807) is 18.2 Å². The summed E-state index contributed by atoms with van der Waals surface area (Å²) in [5.74, 6) is -1.01. The molecule has 4 rings (SSSR count). The lowest BCUT2D eigenvalue weighted by atomic mass is 10.2. The van der Waals surface area contributed by atoms with Crippen LogP contribution < -0.4 is 4.72 Å². The number of hydrogen-bond acceptors (Lipinski definition) is 6. The summed E-state index contributed by atoms with van der Waals surface area (Å²) in [7, 11) is -9.97. The molecule has 0 aliphatic heterocycles. The van der Waals surface area contributed by atoms with Crippen molar-refractivity contribution in [3.63, 3.8) is 0 Å². The molecule has 9 nitrogen and oxygen atoms in total. The quantitative estimate of drug-likeness (QED) is 0.359. The van der Waals surface area contributed by atoms with Gasteiger partial charge in [-0.3, -0.25) is 0 Å². The Morgan fingerprint density at radius 1 is 0.833 bits per heavy atom. The van der Waals surface area contributed by atoms with E-state index in [4.69, 9.17) is 0 Å². The molecule has 0 amide bonds. The second-order valence-electron chi connectivity index (χ2n) is 8.00.